The Hall–Kier alpha value is -1.59. The van der Waals surface area contributed by atoms with Crippen molar-refractivity contribution in [1.82, 2.24) is 4.90 Å². The lowest BCUT2D eigenvalue weighted by Crippen LogP contribution is -2.45. The maximum absolute atomic E-state index is 11.6. The van der Waals surface area contributed by atoms with Crippen LogP contribution in [0.5, 0.6) is 0 Å². The van der Waals surface area contributed by atoms with Crippen molar-refractivity contribution in [2.24, 2.45) is 0 Å². The maximum Gasteiger partial charge on any atom is 0.411 e. The number of hydrogen-bond acceptors (Lipinski definition) is 4. The highest BCUT2D eigenvalue weighted by Crippen LogP contribution is 2.18. The zero-order chi connectivity index (χ0) is 12.5. The summed E-state index contributed by atoms with van der Waals surface area (Å²) in [5.74, 6) is -1.77. The van der Waals surface area contributed by atoms with E-state index in [1.54, 1.807) is 20.8 Å². The zero-order valence-electron chi connectivity index (χ0n) is 9.52. The molecule has 0 aliphatic carbocycles. The summed E-state index contributed by atoms with van der Waals surface area (Å²) in [6, 6.07) is -1.39. The van der Waals surface area contributed by atoms with E-state index in [2.05, 4.69) is 0 Å². The van der Waals surface area contributed by atoms with Gasteiger partial charge in [-0.25, -0.2) is 9.59 Å². The van der Waals surface area contributed by atoms with Crippen LogP contribution in [0.15, 0.2) is 0 Å². The summed E-state index contributed by atoms with van der Waals surface area (Å²) in [5, 5.41) is 8.83. The number of aliphatic carboxylic acids is 1. The third kappa shape index (κ3) is 2.71. The molecular weight excluding hydrogens is 214 g/mol. The summed E-state index contributed by atoms with van der Waals surface area (Å²) in [4.78, 5) is 34.7. The highest BCUT2D eigenvalue weighted by Gasteiger charge is 2.42. The van der Waals surface area contributed by atoms with Gasteiger partial charge in [-0.1, -0.05) is 0 Å². The summed E-state index contributed by atoms with van der Waals surface area (Å²) in [5.41, 5.74) is -0.703. The van der Waals surface area contributed by atoms with Gasteiger partial charge in [0.2, 0.25) is 0 Å². The molecule has 16 heavy (non-hydrogen) atoms. The summed E-state index contributed by atoms with van der Waals surface area (Å²) in [6.45, 7) is 5.14. The molecule has 1 unspecified atom stereocenters. The lowest BCUT2D eigenvalue weighted by Gasteiger charge is -2.26. The van der Waals surface area contributed by atoms with E-state index >= 15 is 0 Å². The van der Waals surface area contributed by atoms with Crippen molar-refractivity contribution in [2.75, 3.05) is 6.54 Å². The standard InChI is InChI=1S/C10H15NO5/c1-10(2,3)16-9(15)11-5-4-6(12)7(11)8(13)14/h7H,4-5H2,1-3H3,(H,13,14). The van der Waals surface area contributed by atoms with Crippen LogP contribution < -0.4 is 0 Å². The molecule has 1 aliphatic rings. The summed E-state index contributed by atoms with van der Waals surface area (Å²) < 4.78 is 5.02. The molecule has 0 aromatic rings. The molecule has 6 nitrogen and oxygen atoms in total. The van der Waals surface area contributed by atoms with Gasteiger partial charge in [-0.2, -0.15) is 0 Å². The van der Waals surface area contributed by atoms with Gasteiger partial charge in [0.15, 0.2) is 11.8 Å². The molecule has 1 rings (SSSR count). The van der Waals surface area contributed by atoms with E-state index in [1.807, 2.05) is 0 Å². The van der Waals surface area contributed by atoms with Gasteiger partial charge in [0.25, 0.3) is 0 Å². The van der Waals surface area contributed by atoms with E-state index in [0.717, 1.165) is 4.90 Å². The zero-order valence-corrected chi connectivity index (χ0v) is 9.52. The van der Waals surface area contributed by atoms with E-state index in [1.165, 1.54) is 0 Å². The van der Waals surface area contributed by atoms with Crippen LogP contribution in [-0.2, 0) is 14.3 Å². The van der Waals surface area contributed by atoms with E-state index in [-0.39, 0.29) is 13.0 Å². The minimum atomic E-state index is -1.39. The molecule has 1 heterocycles. The Balaban J connectivity index is 2.77. The minimum absolute atomic E-state index is 0.0657. The van der Waals surface area contributed by atoms with Gasteiger partial charge in [0, 0.05) is 13.0 Å². The molecule has 1 atom stereocenters. The van der Waals surface area contributed by atoms with Crippen LogP contribution >= 0.6 is 0 Å². The fourth-order valence-corrected chi connectivity index (χ4v) is 1.46. The van der Waals surface area contributed by atoms with Crippen molar-refractivity contribution in [1.29, 1.82) is 0 Å². The number of amides is 1. The van der Waals surface area contributed by atoms with Gasteiger partial charge in [-0.15, -0.1) is 0 Å². The number of Topliss-reactive ketones (excluding diaryl/α,β-unsaturated/α-hetero) is 1. The van der Waals surface area contributed by atoms with Crippen molar-refractivity contribution < 1.29 is 24.2 Å². The van der Waals surface area contributed by atoms with Crippen LogP contribution in [0.1, 0.15) is 27.2 Å². The second kappa shape index (κ2) is 4.11. The van der Waals surface area contributed by atoms with Crippen molar-refractivity contribution in [3.05, 3.63) is 0 Å². The van der Waals surface area contributed by atoms with Crippen LogP contribution in [0.4, 0.5) is 4.79 Å². The van der Waals surface area contributed by atoms with Gasteiger partial charge < -0.3 is 9.84 Å². The number of ketones is 1. The first kappa shape index (κ1) is 12.5. The molecule has 0 saturated carbocycles. The smallest absolute Gasteiger partial charge is 0.411 e. The third-order valence-electron chi connectivity index (χ3n) is 2.08. The third-order valence-corrected chi connectivity index (χ3v) is 2.08. The molecule has 1 fully saturated rings. The number of carbonyl (C=O) groups is 3. The van der Waals surface area contributed by atoms with Gasteiger partial charge in [0.1, 0.15) is 5.60 Å². The lowest BCUT2D eigenvalue weighted by atomic mass is 10.2. The highest BCUT2D eigenvalue weighted by molar-refractivity contribution is 6.06. The van der Waals surface area contributed by atoms with Crippen molar-refractivity contribution >= 4 is 17.8 Å². The number of hydrogen-bond donors (Lipinski definition) is 1. The number of carboxylic acids is 1. The topological polar surface area (TPSA) is 83.9 Å². The molecule has 1 aliphatic heterocycles. The molecule has 6 heteroatoms. The molecule has 0 aromatic heterocycles. The van der Waals surface area contributed by atoms with Crippen LogP contribution in [0, 0.1) is 0 Å². The van der Waals surface area contributed by atoms with Gasteiger partial charge in [-0.05, 0) is 20.8 Å². The van der Waals surface area contributed by atoms with Crippen molar-refractivity contribution in [2.45, 2.75) is 38.8 Å². The second-order valence-corrected chi connectivity index (χ2v) is 4.63. The maximum atomic E-state index is 11.6. The number of nitrogens with zero attached hydrogens (tertiary/aromatic N) is 1. The number of ether oxygens (including phenoxy) is 1. The predicted octanol–water partition coefficient (Wildman–Crippen LogP) is 0.650. The fraction of sp³-hybridized carbons (Fsp3) is 0.700. The van der Waals surface area contributed by atoms with Crippen LogP contribution in [-0.4, -0.2) is 46.0 Å². The number of rotatable bonds is 1. The van der Waals surface area contributed by atoms with Crippen molar-refractivity contribution in [3.8, 4) is 0 Å². The first-order valence-corrected chi connectivity index (χ1v) is 4.97. The first-order chi connectivity index (χ1) is 7.22. The normalized spacial score (nSPS) is 21.1. The summed E-state index contributed by atoms with van der Waals surface area (Å²) in [7, 11) is 0. The van der Waals surface area contributed by atoms with Crippen molar-refractivity contribution in [3.63, 3.8) is 0 Å². The van der Waals surface area contributed by atoms with Crippen LogP contribution in [0.25, 0.3) is 0 Å². The Labute approximate surface area is 93.2 Å². The largest absolute Gasteiger partial charge is 0.479 e. The number of carbonyl (C=O) groups excluding carboxylic acids is 2. The Morgan fingerprint density at radius 3 is 2.44 bits per heavy atom. The SMILES string of the molecule is CC(C)(C)OC(=O)N1CCC(=O)C1C(=O)O. The Bertz CT molecular complexity index is 331. The molecule has 1 N–H and O–H groups in total. The van der Waals surface area contributed by atoms with Gasteiger partial charge in [0.05, 0.1) is 0 Å². The average Bonchev–Trinajstić information content (AvgIpc) is 2.43. The minimum Gasteiger partial charge on any atom is -0.479 e. The molecule has 0 aromatic carbocycles. The van der Waals surface area contributed by atoms with E-state index in [0.29, 0.717) is 0 Å². The second-order valence-electron chi connectivity index (χ2n) is 4.63. The molecule has 0 spiro atoms. The molecule has 1 saturated heterocycles. The van der Waals surface area contributed by atoms with Gasteiger partial charge >= 0.3 is 12.1 Å². The van der Waals surface area contributed by atoms with Crippen LogP contribution in [0.2, 0.25) is 0 Å². The van der Waals surface area contributed by atoms with E-state index in [4.69, 9.17) is 9.84 Å². The predicted molar refractivity (Wildman–Crippen MR) is 54.0 cm³/mol. The molecule has 0 radical (unpaired) electrons. The number of likely N-dealkylation sites (tertiary alicyclic amines) is 1. The lowest BCUT2D eigenvalue weighted by molar-refractivity contribution is -0.145. The monoisotopic (exact) mass is 229 g/mol. The van der Waals surface area contributed by atoms with Gasteiger partial charge in [-0.3, -0.25) is 9.69 Å². The quantitative estimate of drug-likeness (QED) is 0.667. The molecule has 90 valence electrons. The molecular formula is C10H15NO5. The Morgan fingerprint density at radius 2 is 2.00 bits per heavy atom. The highest BCUT2D eigenvalue weighted by atomic mass is 16.6. The first-order valence-electron chi connectivity index (χ1n) is 4.97. The van der Waals surface area contributed by atoms with Crippen LogP contribution in [0.3, 0.4) is 0 Å². The van der Waals surface area contributed by atoms with E-state index in [9.17, 15) is 14.4 Å². The Kier molecular flexibility index (Phi) is 3.21. The average molecular weight is 229 g/mol. The summed E-state index contributed by atoms with van der Waals surface area (Å²) in [6.07, 6.45) is -0.693. The van der Waals surface area contributed by atoms with E-state index < -0.39 is 29.5 Å². The fourth-order valence-electron chi connectivity index (χ4n) is 1.46. The molecule has 0 bridgehead atoms. The molecule has 1 amide bonds. The Morgan fingerprint density at radius 1 is 1.44 bits per heavy atom. The number of carboxylic acid groups (broad SMARTS) is 1. The summed E-state index contributed by atoms with van der Waals surface area (Å²) >= 11 is 0.